The van der Waals surface area contributed by atoms with Crippen LogP contribution in [0.2, 0.25) is 0 Å². The van der Waals surface area contributed by atoms with Gasteiger partial charge in [0.25, 0.3) is 0 Å². The molecule has 0 radical (unpaired) electrons. The summed E-state index contributed by atoms with van der Waals surface area (Å²) in [4.78, 5) is 13.0. The van der Waals surface area contributed by atoms with E-state index in [0.29, 0.717) is 23.1 Å². The summed E-state index contributed by atoms with van der Waals surface area (Å²) in [6.45, 7) is 4.60. The van der Waals surface area contributed by atoms with Crippen molar-refractivity contribution in [3.8, 4) is 28.0 Å². The summed E-state index contributed by atoms with van der Waals surface area (Å²) < 4.78 is 5.74. The highest BCUT2D eigenvalue weighted by molar-refractivity contribution is 5.91. The van der Waals surface area contributed by atoms with E-state index in [4.69, 9.17) is 4.74 Å². The first kappa shape index (κ1) is 33.3. The van der Waals surface area contributed by atoms with Crippen molar-refractivity contribution in [3.63, 3.8) is 0 Å². The summed E-state index contributed by atoms with van der Waals surface area (Å²) in [5.74, 6) is 3.51. The molecular formula is C45H54O2. The first-order chi connectivity index (χ1) is 23.1. The van der Waals surface area contributed by atoms with Gasteiger partial charge in [0, 0.05) is 0 Å². The van der Waals surface area contributed by atoms with Gasteiger partial charge in [-0.05, 0) is 133 Å². The second-order valence-corrected chi connectivity index (χ2v) is 14.5. The lowest BCUT2D eigenvalue weighted by atomic mass is 9.77. The molecule has 0 saturated heterocycles. The Bertz CT molecular complexity index is 1520. The van der Waals surface area contributed by atoms with Crippen LogP contribution >= 0.6 is 0 Å². The number of esters is 1. The molecule has 0 aromatic heterocycles. The molecule has 4 aromatic carbocycles. The summed E-state index contributed by atoms with van der Waals surface area (Å²) in [6.07, 6.45) is 19.0. The molecular weight excluding hydrogens is 572 g/mol. The molecule has 2 heteroatoms. The molecule has 2 saturated carbocycles. The molecule has 0 heterocycles. The number of hydrogen-bond acceptors (Lipinski definition) is 2. The van der Waals surface area contributed by atoms with Crippen LogP contribution in [-0.4, -0.2) is 5.97 Å². The predicted octanol–water partition coefficient (Wildman–Crippen LogP) is 13.2. The van der Waals surface area contributed by atoms with Gasteiger partial charge in [-0.1, -0.05) is 125 Å². The van der Waals surface area contributed by atoms with Crippen molar-refractivity contribution in [1.82, 2.24) is 0 Å². The van der Waals surface area contributed by atoms with E-state index in [0.717, 1.165) is 23.0 Å². The molecule has 0 spiro atoms. The Hall–Kier alpha value is -3.65. The standard InChI is InChI=1S/C45H54O2/c1-3-5-6-8-34-11-15-36(16-12-34)38-19-23-40(24-20-38)42-29-31-44(32-30-42)47-45(46)43-27-25-41(26-28-43)39-21-17-37(18-22-39)35-13-9-33(7-4-2)10-14-35/h17-36H,3-16H2,1-2H3. The summed E-state index contributed by atoms with van der Waals surface area (Å²) in [6, 6.07) is 33.9. The molecule has 0 N–H and O–H groups in total. The molecule has 246 valence electrons. The van der Waals surface area contributed by atoms with Crippen LogP contribution in [0.1, 0.15) is 137 Å². The molecule has 0 aliphatic heterocycles. The largest absolute Gasteiger partial charge is 0.423 e. The Balaban J connectivity index is 0.987. The van der Waals surface area contributed by atoms with Crippen molar-refractivity contribution in [2.45, 2.75) is 116 Å². The van der Waals surface area contributed by atoms with E-state index in [2.05, 4.69) is 62.4 Å². The molecule has 2 aliphatic carbocycles. The Kier molecular flexibility index (Phi) is 11.6. The van der Waals surface area contributed by atoms with Crippen LogP contribution in [0.3, 0.4) is 0 Å². The highest BCUT2D eigenvalue weighted by Crippen LogP contribution is 2.39. The van der Waals surface area contributed by atoms with Crippen LogP contribution in [0.15, 0.2) is 97.1 Å². The van der Waals surface area contributed by atoms with Gasteiger partial charge >= 0.3 is 5.97 Å². The van der Waals surface area contributed by atoms with Crippen molar-refractivity contribution < 1.29 is 9.53 Å². The molecule has 0 atom stereocenters. The van der Waals surface area contributed by atoms with Crippen LogP contribution in [0.5, 0.6) is 5.75 Å². The second-order valence-electron chi connectivity index (χ2n) is 14.5. The molecule has 2 nitrogen and oxygen atoms in total. The third kappa shape index (κ3) is 8.83. The van der Waals surface area contributed by atoms with Crippen molar-refractivity contribution in [1.29, 1.82) is 0 Å². The van der Waals surface area contributed by atoms with Crippen molar-refractivity contribution in [3.05, 3.63) is 114 Å². The molecule has 0 unspecified atom stereocenters. The molecule has 6 rings (SSSR count). The molecule has 2 aliphatic rings. The lowest BCUT2D eigenvalue weighted by Gasteiger charge is -2.29. The minimum absolute atomic E-state index is 0.331. The summed E-state index contributed by atoms with van der Waals surface area (Å²) in [5, 5.41) is 0. The lowest BCUT2D eigenvalue weighted by Crippen LogP contribution is -2.13. The van der Waals surface area contributed by atoms with Crippen LogP contribution in [-0.2, 0) is 0 Å². The third-order valence-corrected chi connectivity index (χ3v) is 11.2. The highest BCUT2D eigenvalue weighted by atomic mass is 16.5. The Morgan fingerprint density at radius 3 is 1.38 bits per heavy atom. The topological polar surface area (TPSA) is 26.3 Å². The molecule has 4 aromatic rings. The predicted molar refractivity (Wildman–Crippen MR) is 197 cm³/mol. The number of hydrogen-bond donors (Lipinski definition) is 0. The molecule has 47 heavy (non-hydrogen) atoms. The summed E-state index contributed by atoms with van der Waals surface area (Å²) in [7, 11) is 0. The highest BCUT2D eigenvalue weighted by Gasteiger charge is 2.23. The Morgan fingerprint density at radius 1 is 0.511 bits per heavy atom. The maximum Gasteiger partial charge on any atom is 0.343 e. The fourth-order valence-electron chi connectivity index (χ4n) is 8.24. The normalized spacial score (nSPS) is 21.3. The van der Waals surface area contributed by atoms with Gasteiger partial charge in [0.05, 0.1) is 5.56 Å². The van der Waals surface area contributed by atoms with Crippen molar-refractivity contribution >= 4 is 5.97 Å². The van der Waals surface area contributed by atoms with E-state index < -0.39 is 0 Å². The maximum absolute atomic E-state index is 13.0. The van der Waals surface area contributed by atoms with E-state index >= 15 is 0 Å². The minimum atomic E-state index is -0.331. The van der Waals surface area contributed by atoms with E-state index in [9.17, 15) is 4.79 Å². The Labute approximate surface area is 284 Å². The number of carbonyl (C=O) groups excluding carboxylic acids is 1. The van der Waals surface area contributed by atoms with E-state index in [1.54, 1.807) is 0 Å². The zero-order valence-electron chi connectivity index (χ0n) is 28.8. The molecule has 0 bridgehead atoms. The summed E-state index contributed by atoms with van der Waals surface area (Å²) >= 11 is 0. The van der Waals surface area contributed by atoms with Gasteiger partial charge in [-0.2, -0.15) is 0 Å². The van der Waals surface area contributed by atoms with Gasteiger partial charge in [0.2, 0.25) is 0 Å². The zero-order valence-corrected chi connectivity index (χ0v) is 28.8. The monoisotopic (exact) mass is 626 g/mol. The van der Waals surface area contributed by atoms with Gasteiger partial charge in [0.15, 0.2) is 0 Å². The first-order valence-corrected chi connectivity index (χ1v) is 18.7. The second kappa shape index (κ2) is 16.4. The van der Waals surface area contributed by atoms with Crippen molar-refractivity contribution in [2.24, 2.45) is 11.8 Å². The quantitative estimate of drug-likeness (QED) is 0.0888. The smallest absolute Gasteiger partial charge is 0.343 e. The maximum atomic E-state index is 13.0. The number of ether oxygens (including phenoxy) is 1. The van der Waals surface area contributed by atoms with Crippen molar-refractivity contribution in [2.75, 3.05) is 0 Å². The minimum Gasteiger partial charge on any atom is -0.423 e. The number of benzene rings is 4. The lowest BCUT2D eigenvalue weighted by molar-refractivity contribution is 0.0735. The van der Waals surface area contributed by atoms with E-state index in [1.807, 2.05) is 48.5 Å². The number of rotatable bonds is 12. The van der Waals surface area contributed by atoms with Crippen LogP contribution in [0.25, 0.3) is 22.3 Å². The number of unbranched alkanes of at least 4 members (excludes halogenated alkanes) is 2. The fraction of sp³-hybridized carbons (Fsp3) is 0.444. The van der Waals surface area contributed by atoms with Gasteiger partial charge in [-0.3, -0.25) is 0 Å². The molecule has 0 amide bonds. The van der Waals surface area contributed by atoms with Crippen LogP contribution in [0, 0.1) is 11.8 Å². The average molecular weight is 627 g/mol. The first-order valence-electron chi connectivity index (χ1n) is 18.7. The van der Waals surface area contributed by atoms with Gasteiger partial charge < -0.3 is 4.74 Å². The van der Waals surface area contributed by atoms with E-state index in [1.165, 1.54) is 112 Å². The van der Waals surface area contributed by atoms with Gasteiger partial charge in [-0.15, -0.1) is 0 Å². The summed E-state index contributed by atoms with van der Waals surface area (Å²) in [5.41, 5.74) is 8.14. The molecule has 2 fully saturated rings. The fourth-order valence-corrected chi connectivity index (χ4v) is 8.24. The SMILES string of the molecule is CCCCCC1CCC(c2ccc(-c3ccc(OC(=O)c4ccc(-c5ccc(C6CCC(CCC)CC6)cc5)cc4)cc3)cc2)CC1. The van der Waals surface area contributed by atoms with Gasteiger partial charge in [0.1, 0.15) is 5.75 Å². The average Bonchev–Trinajstić information content (AvgIpc) is 3.13. The van der Waals surface area contributed by atoms with Gasteiger partial charge in [-0.25, -0.2) is 4.79 Å². The number of carbonyl (C=O) groups is 1. The third-order valence-electron chi connectivity index (χ3n) is 11.2. The Morgan fingerprint density at radius 2 is 0.936 bits per heavy atom. The van der Waals surface area contributed by atoms with Crippen LogP contribution in [0.4, 0.5) is 0 Å². The van der Waals surface area contributed by atoms with E-state index in [-0.39, 0.29) is 5.97 Å². The zero-order chi connectivity index (χ0) is 32.4. The van der Waals surface area contributed by atoms with Crippen LogP contribution < -0.4 is 4.74 Å².